The zero-order chi connectivity index (χ0) is 15.1. The molecule has 0 radical (unpaired) electrons. The Kier molecular flexibility index (Phi) is 10.6. The van der Waals surface area contributed by atoms with Crippen LogP contribution in [0.4, 0.5) is 5.69 Å². The summed E-state index contributed by atoms with van der Waals surface area (Å²) in [5, 5.41) is 9.14. The average Bonchev–Trinajstić information content (AvgIpc) is 2.79. The Hall–Kier alpha value is -0.0505. The Morgan fingerprint density at radius 1 is 1.33 bits per heavy atom. The molecule has 0 amide bonds. The number of aliphatic imine (C=N–C) groups is 1. The minimum atomic E-state index is 0. The normalized spacial score (nSPS) is 20.7. The first-order chi connectivity index (χ1) is 9.61. The zero-order valence-corrected chi connectivity index (χ0v) is 15.3. The van der Waals surface area contributed by atoms with E-state index in [0.29, 0.717) is 5.92 Å². The summed E-state index contributed by atoms with van der Waals surface area (Å²) in [7, 11) is 0. The van der Waals surface area contributed by atoms with Gasteiger partial charge in [0.25, 0.3) is 0 Å². The molecule has 1 aromatic rings. The van der Waals surface area contributed by atoms with Crippen molar-refractivity contribution in [3.8, 4) is 0 Å². The van der Waals surface area contributed by atoms with Gasteiger partial charge in [0, 0.05) is 52.5 Å². The summed E-state index contributed by atoms with van der Waals surface area (Å²) in [5.41, 5.74) is 4.06. The van der Waals surface area contributed by atoms with Gasteiger partial charge in [-0.25, -0.2) is 0 Å². The van der Waals surface area contributed by atoms with E-state index in [1.165, 1.54) is 11.6 Å². The number of benzene rings is 1. The number of nitrogens with zero attached hydrogens (tertiary/aromatic N) is 1. The zero-order valence-electron chi connectivity index (χ0n) is 13.5. The van der Waals surface area contributed by atoms with E-state index >= 15 is 0 Å². The molecule has 0 aliphatic heterocycles. The molecule has 1 N–H and O–H groups in total. The van der Waals surface area contributed by atoms with Crippen LogP contribution in [0.3, 0.4) is 0 Å². The molecular weight excluding hydrogens is 419 g/mol. The van der Waals surface area contributed by atoms with Gasteiger partial charge in [-0.05, 0) is 30.7 Å². The van der Waals surface area contributed by atoms with Gasteiger partial charge in [-0.15, -0.1) is 6.42 Å². The van der Waals surface area contributed by atoms with Crippen LogP contribution in [0.2, 0.25) is 0 Å². The molecule has 1 aliphatic rings. The third-order valence-electron chi connectivity index (χ3n) is 3.67. The minimum absolute atomic E-state index is 0. The number of hydrogen-bond donors (Lipinski definition) is 1. The molecule has 2 nitrogen and oxygen atoms in total. The standard InChI is InChI=1S/C16H20NO.C2H6.Yb/c1-11-8-14(9-12(11)2)17-16-7-5-4-6-15(16)13(3)10-18;1-2;/h4-7,10-11,18H,8-9H2,1-3H3;1-2H3;/q-1;;. The molecule has 1 unspecified atom stereocenters. The Morgan fingerprint density at radius 3 is 2.48 bits per heavy atom. The van der Waals surface area contributed by atoms with E-state index < -0.39 is 0 Å². The third kappa shape index (κ3) is 5.92. The number of aliphatic hydroxyl groups excluding tert-OH is 1. The SMILES string of the molecule is CC.CC(=CO)c1ccccc1N=C1C[C-](C)C(C)C1.[Yb]. The topological polar surface area (TPSA) is 32.6 Å². The van der Waals surface area contributed by atoms with Gasteiger partial charge < -0.3 is 11.0 Å². The van der Waals surface area contributed by atoms with Crippen LogP contribution in [-0.2, 0) is 0 Å². The summed E-state index contributed by atoms with van der Waals surface area (Å²) in [4.78, 5) is 4.77. The van der Waals surface area contributed by atoms with Gasteiger partial charge in [-0.1, -0.05) is 39.0 Å². The molecule has 0 saturated heterocycles. The summed E-state index contributed by atoms with van der Waals surface area (Å²) < 4.78 is 0. The van der Waals surface area contributed by atoms with E-state index in [9.17, 15) is 0 Å². The number of hydrogen-bond acceptors (Lipinski definition) is 2. The molecule has 1 aromatic carbocycles. The Bertz CT molecular complexity index is 482. The predicted molar refractivity (Wildman–Crippen MR) is 88.5 cm³/mol. The molecule has 0 aromatic heterocycles. The van der Waals surface area contributed by atoms with Crippen LogP contribution in [0.15, 0.2) is 35.5 Å². The van der Waals surface area contributed by atoms with Crippen molar-refractivity contribution in [3.63, 3.8) is 0 Å². The first-order valence-electron chi connectivity index (χ1n) is 7.41. The van der Waals surface area contributed by atoms with Crippen molar-refractivity contribution in [2.75, 3.05) is 0 Å². The first kappa shape index (κ1) is 20.9. The van der Waals surface area contributed by atoms with Crippen molar-refractivity contribution in [2.45, 2.75) is 47.5 Å². The van der Waals surface area contributed by atoms with Gasteiger partial charge in [0.15, 0.2) is 0 Å². The fourth-order valence-corrected chi connectivity index (χ4v) is 2.33. The molecule has 1 saturated carbocycles. The van der Waals surface area contributed by atoms with Crippen molar-refractivity contribution in [2.24, 2.45) is 10.9 Å². The van der Waals surface area contributed by atoms with Crippen molar-refractivity contribution in [1.82, 2.24) is 0 Å². The summed E-state index contributed by atoms with van der Waals surface area (Å²) in [6, 6.07) is 7.97. The number of aliphatic hydroxyl groups is 1. The van der Waals surface area contributed by atoms with Crippen LogP contribution in [0.1, 0.15) is 53.0 Å². The van der Waals surface area contributed by atoms with E-state index in [0.717, 1.165) is 35.9 Å². The Morgan fingerprint density at radius 2 is 1.95 bits per heavy atom. The van der Waals surface area contributed by atoms with Crippen LogP contribution < -0.4 is 0 Å². The molecule has 2 rings (SSSR count). The molecule has 0 heterocycles. The molecule has 0 spiro atoms. The number of para-hydroxylation sites is 1. The quantitative estimate of drug-likeness (QED) is 0.458. The first-order valence-corrected chi connectivity index (χ1v) is 7.41. The second-order valence-corrected chi connectivity index (χ2v) is 5.14. The summed E-state index contributed by atoms with van der Waals surface area (Å²) in [6.45, 7) is 10.4. The Labute approximate surface area is 168 Å². The molecule has 0 bridgehead atoms. The van der Waals surface area contributed by atoms with Crippen LogP contribution in [0, 0.1) is 58.8 Å². The molecule has 1 fully saturated rings. The van der Waals surface area contributed by atoms with Crippen LogP contribution >= 0.6 is 0 Å². The number of allylic oxidation sites excluding steroid dienone is 1. The largest absolute Gasteiger partial charge is 0.515 e. The fraction of sp³-hybridized carbons (Fsp3) is 0.444. The van der Waals surface area contributed by atoms with E-state index in [2.05, 4.69) is 13.8 Å². The van der Waals surface area contributed by atoms with Gasteiger partial charge in [0.2, 0.25) is 0 Å². The van der Waals surface area contributed by atoms with E-state index in [1.807, 2.05) is 45.0 Å². The van der Waals surface area contributed by atoms with Gasteiger partial charge in [-0.3, -0.25) is 4.99 Å². The predicted octanol–water partition coefficient (Wildman–Crippen LogP) is 5.73. The Balaban J connectivity index is 0.00000128. The summed E-state index contributed by atoms with van der Waals surface area (Å²) in [5.74, 6) is 2.16. The maximum atomic E-state index is 9.14. The van der Waals surface area contributed by atoms with E-state index in [1.54, 1.807) is 0 Å². The number of rotatable bonds is 2. The summed E-state index contributed by atoms with van der Waals surface area (Å²) in [6.07, 6.45) is 3.22. The fourth-order valence-electron chi connectivity index (χ4n) is 2.33. The van der Waals surface area contributed by atoms with Gasteiger partial charge in [-0.2, -0.15) is 12.8 Å². The van der Waals surface area contributed by atoms with Crippen molar-refractivity contribution >= 4 is 17.0 Å². The monoisotopic (exact) mass is 446 g/mol. The molecular formula is C18H26NOYb-. The van der Waals surface area contributed by atoms with Gasteiger partial charge >= 0.3 is 0 Å². The molecule has 124 valence electrons. The molecule has 1 aliphatic carbocycles. The molecule has 3 heteroatoms. The maximum Gasteiger partial charge on any atom is 0.0827 e. The van der Waals surface area contributed by atoms with E-state index in [-0.39, 0.29) is 46.9 Å². The van der Waals surface area contributed by atoms with Crippen molar-refractivity contribution < 1.29 is 52.0 Å². The smallest absolute Gasteiger partial charge is 0.0827 e. The van der Waals surface area contributed by atoms with E-state index in [4.69, 9.17) is 10.1 Å². The van der Waals surface area contributed by atoms with Crippen LogP contribution in [0.25, 0.3) is 5.57 Å². The summed E-state index contributed by atoms with van der Waals surface area (Å²) >= 11 is 0. The maximum absolute atomic E-state index is 9.14. The van der Waals surface area contributed by atoms with Crippen molar-refractivity contribution in [3.05, 3.63) is 42.0 Å². The van der Waals surface area contributed by atoms with Crippen molar-refractivity contribution in [1.29, 1.82) is 0 Å². The average molecular weight is 445 g/mol. The van der Waals surface area contributed by atoms with Crippen LogP contribution in [-0.4, -0.2) is 10.8 Å². The molecule has 1 atom stereocenters. The van der Waals surface area contributed by atoms with Gasteiger partial charge in [0.05, 0.1) is 11.9 Å². The third-order valence-corrected chi connectivity index (χ3v) is 3.67. The molecule has 21 heavy (non-hydrogen) atoms. The van der Waals surface area contributed by atoms with Crippen LogP contribution in [0.5, 0.6) is 0 Å². The second-order valence-electron chi connectivity index (χ2n) is 5.14. The van der Waals surface area contributed by atoms with Gasteiger partial charge in [0.1, 0.15) is 0 Å². The minimum Gasteiger partial charge on any atom is -0.515 e. The second kappa shape index (κ2) is 10.6.